The topological polar surface area (TPSA) is 72.5 Å². The minimum Gasteiger partial charge on any atom is -0.465 e. The van der Waals surface area contributed by atoms with Gasteiger partial charge in [0, 0.05) is 0 Å². The largest absolute Gasteiger partial charge is 0.465 e. The van der Waals surface area contributed by atoms with Gasteiger partial charge in [-0.2, -0.15) is 4.72 Å². The van der Waals surface area contributed by atoms with E-state index < -0.39 is 27.9 Å². The van der Waals surface area contributed by atoms with Crippen LogP contribution in [0.3, 0.4) is 0 Å². The Hall–Kier alpha value is -2.25. The summed E-state index contributed by atoms with van der Waals surface area (Å²) in [5.41, 5.74) is 1.54. The van der Waals surface area contributed by atoms with Crippen molar-refractivity contribution in [2.75, 3.05) is 6.61 Å². The minimum atomic E-state index is -3.89. The van der Waals surface area contributed by atoms with Crippen LogP contribution in [-0.4, -0.2) is 27.0 Å². The Labute approximate surface area is 146 Å². The van der Waals surface area contributed by atoms with Crippen molar-refractivity contribution in [2.24, 2.45) is 0 Å². The van der Waals surface area contributed by atoms with Crippen LogP contribution < -0.4 is 4.72 Å². The fourth-order valence-electron chi connectivity index (χ4n) is 2.24. The van der Waals surface area contributed by atoms with E-state index in [1.54, 1.807) is 19.1 Å². The Balaban J connectivity index is 2.24. The summed E-state index contributed by atoms with van der Waals surface area (Å²) in [6.07, 6.45) is 0.0597. The molecule has 25 heavy (non-hydrogen) atoms. The molecule has 1 atom stereocenters. The van der Waals surface area contributed by atoms with E-state index in [0.717, 1.165) is 5.56 Å². The van der Waals surface area contributed by atoms with E-state index in [9.17, 15) is 17.6 Å². The molecule has 0 amide bonds. The van der Waals surface area contributed by atoms with E-state index in [4.69, 9.17) is 4.74 Å². The molecule has 0 aliphatic rings. The zero-order valence-electron chi connectivity index (χ0n) is 14.0. The molecule has 134 valence electrons. The van der Waals surface area contributed by atoms with Crippen molar-refractivity contribution < 1.29 is 22.3 Å². The number of rotatable bonds is 7. The number of aryl methyl sites for hydroxylation is 1. The number of hydrogen-bond acceptors (Lipinski definition) is 4. The summed E-state index contributed by atoms with van der Waals surface area (Å²) in [5.74, 6) is -1.08. The molecule has 1 unspecified atom stereocenters. The van der Waals surface area contributed by atoms with Crippen LogP contribution in [0.2, 0.25) is 0 Å². The van der Waals surface area contributed by atoms with E-state index >= 15 is 0 Å². The number of ether oxygens (including phenoxy) is 1. The van der Waals surface area contributed by atoms with Crippen LogP contribution in [0, 0.1) is 12.7 Å². The van der Waals surface area contributed by atoms with Gasteiger partial charge in [-0.15, -0.1) is 0 Å². The van der Waals surface area contributed by atoms with Crippen molar-refractivity contribution in [3.63, 3.8) is 0 Å². The highest BCUT2D eigenvalue weighted by molar-refractivity contribution is 7.89. The molecular formula is C18H20FNO4S. The van der Waals surface area contributed by atoms with E-state index in [1.165, 1.54) is 36.4 Å². The second kappa shape index (κ2) is 8.22. The third-order valence-electron chi connectivity index (χ3n) is 3.55. The highest BCUT2D eigenvalue weighted by Gasteiger charge is 2.27. The normalized spacial score (nSPS) is 12.6. The van der Waals surface area contributed by atoms with Gasteiger partial charge in [0.05, 0.1) is 11.5 Å². The molecule has 0 radical (unpaired) electrons. The molecule has 0 bridgehead atoms. The molecule has 0 aromatic heterocycles. The molecule has 2 rings (SSSR count). The lowest BCUT2D eigenvalue weighted by Crippen LogP contribution is -2.43. The number of carbonyl (C=O) groups is 1. The Morgan fingerprint density at radius 2 is 1.72 bits per heavy atom. The summed E-state index contributed by atoms with van der Waals surface area (Å²) in [6, 6.07) is 10.7. The lowest BCUT2D eigenvalue weighted by Gasteiger charge is -2.17. The van der Waals surface area contributed by atoms with Gasteiger partial charge in [-0.1, -0.05) is 29.8 Å². The molecule has 0 spiro atoms. The van der Waals surface area contributed by atoms with Crippen LogP contribution in [0.25, 0.3) is 0 Å². The smallest absolute Gasteiger partial charge is 0.324 e. The van der Waals surface area contributed by atoms with Crippen LogP contribution in [0.4, 0.5) is 4.39 Å². The number of nitrogens with one attached hydrogen (secondary N) is 1. The van der Waals surface area contributed by atoms with Gasteiger partial charge in [0.1, 0.15) is 11.9 Å². The van der Waals surface area contributed by atoms with Crippen LogP contribution in [-0.2, 0) is 26.0 Å². The molecule has 2 aromatic carbocycles. The fourth-order valence-corrected chi connectivity index (χ4v) is 3.43. The molecule has 0 fully saturated rings. The zero-order valence-corrected chi connectivity index (χ0v) is 14.8. The standard InChI is InChI=1S/C18H20FNO4S/c1-3-24-18(21)17(12-14-6-8-15(19)9-7-14)20-25(22,23)16-10-4-13(2)5-11-16/h4-11,17,20H,3,12H2,1-2H3. The maximum Gasteiger partial charge on any atom is 0.324 e. The molecule has 0 saturated carbocycles. The molecule has 5 nitrogen and oxygen atoms in total. The Morgan fingerprint density at radius 1 is 1.12 bits per heavy atom. The highest BCUT2D eigenvalue weighted by atomic mass is 32.2. The molecule has 0 saturated heterocycles. The monoisotopic (exact) mass is 365 g/mol. The van der Waals surface area contributed by atoms with Crippen LogP contribution in [0.1, 0.15) is 18.1 Å². The first-order valence-electron chi connectivity index (χ1n) is 7.82. The predicted octanol–water partition coefficient (Wildman–Crippen LogP) is 2.59. The minimum absolute atomic E-state index is 0.0597. The first kappa shape index (κ1) is 19.1. The maximum atomic E-state index is 13.0. The molecule has 0 aliphatic heterocycles. The van der Waals surface area contributed by atoms with E-state index in [0.29, 0.717) is 5.56 Å². The van der Waals surface area contributed by atoms with Crippen molar-refractivity contribution in [1.82, 2.24) is 4.72 Å². The van der Waals surface area contributed by atoms with E-state index in [2.05, 4.69) is 4.72 Å². The van der Waals surface area contributed by atoms with Crippen molar-refractivity contribution in [3.8, 4) is 0 Å². The van der Waals surface area contributed by atoms with Crippen molar-refractivity contribution in [1.29, 1.82) is 0 Å². The zero-order chi connectivity index (χ0) is 18.4. The van der Waals surface area contributed by atoms with Crippen molar-refractivity contribution in [2.45, 2.75) is 31.2 Å². The van der Waals surface area contributed by atoms with Gasteiger partial charge in [0.25, 0.3) is 0 Å². The first-order valence-corrected chi connectivity index (χ1v) is 9.30. The van der Waals surface area contributed by atoms with Gasteiger partial charge in [-0.25, -0.2) is 12.8 Å². The third kappa shape index (κ3) is 5.37. The lowest BCUT2D eigenvalue weighted by atomic mass is 10.1. The maximum absolute atomic E-state index is 13.0. The predicted molar refractivity (Wildman–Crippen MR) is 92.0 cm³/mol. The van der Waals surface area contributed by atoms with Gasteiger partial charge in [0.15, 0.2) is 0 Å². The van der Waals surface area contributed by atoms with E-state index in [1.807, 2.05) is 6.92 Å². The first-order chi connectivity index (χ1) is 11.8. The number of esters is 1. The molecule has 0 aliphatic carbocycles. The van der Waals surface area contributed by atoms with Crippen LogP contribution in [0.5, 0.6) is 0 Å². The average Bonchev–Trinajstić information content (AvgIpc) is 2.56. The Bertz CT molecular complexity index is 817. The van der Waals surface area contributed by atoms with Crippen molar-refractivity contribution in [3.05, 3.63) is 65.5 Å². The van der Waals surface area contributed by atoms with Gasteiger partial charge in [-0.3, -0.25) is 4.79 Å². The molecule has 2 aromatic rings. The molecule has 7 heteroatoms. The van der Waals surface area contributed by atoms with Crippen molar-refractivity contribution >= 4 is 16.0 Å². The van der Waals surface area contributed by atoms with Crippen LogP contribution in [0.15, 0.2) is 53.4 Å². The summed E-state index contributed by atoms with van der Waals surface area (Å²) >= 11 is 0. The fraction of sp³-hybridized carbons (Fsp3) is 0.278. The SMILES string of the molecule is CCOC(=O)C(Cc1ccc(F)cc1)NS(=O)(=O)c1ccc(C)cc1. The quantitative estimate of drug-likeness (QED) is 0.766. The van der Waals surface area contributed by atoms with Gasteiger partial charge in [-0.05, 0) is 50.1 Å². The second-order valence-electron chi connectivity index (χ2n) is 5.57. The molecular weight excluding hydrogens is 345 g/mol. The number of benzene rings is 2. The summed E-state index contributed by atoms with van der Waals surface area (Å²) < 4.78 is 45.4. The third-order valence-corrected chi connectivity index (χ3v) is 5.04. The lowest BCUT2D eigenvalue weighted by molar-refractivity contribution is -0.145. The number of sulfonamides is 1. The summed E-state index contributed by atoms with van der Waals surface area (Å²) in [4.78, 5) is 12.2. The van der Waals surface area contributed by atoms with Gasteiger partial charge < -0.3 is 4.74 Å². The molecule has 1 N–H and O–H groups in total. The van der Waals surface area contributed by atoms with Crippen LogP contribution >= 0.6 is 0 Å². The Kier molecular flexibility index (Phi) is 6.27. The summed E-state index contributed by atoms with van der Waals surface area (Å²) in [6.45, 7) is 3.62. The Morgan fingerprint density at radius 3 is 2.28 bits per heavy atom. The highest BCUT2D eigenvalue weighted by Crippen LogP contribution is 2.13. The second-order valence-corrected chi connectivity index (χ2v) is 7.28. The summed E-state index contributed by atoms with van der Waals surface area (Å²) in [5, 5.41) is 0. The van der Waals surface area contributed by atoms with Gasteiger partial charge in [0.2, 0.25) is 10.0 Å². The van der Waals surface area contributed by atoms with E-state index in [-0.39, 0.29) is 17.9 Å². The number of hydrogen-bond donors (Lipinski definition) is 1. The number of halogens is 1. The average molecular weight is 365 g/mol. The summed E-state index contributed by atoms with van der Waals surface area (Å²) in [7, 11) is -3.89. The number of carbonyl (C=O) groups excluding carboxylic acids is 1. The molecule has 0 heterocycles. The van der Waals surface area contributed by atoms with Gasteiger partial charge >= 0.3 is 5.97 Å².